The molecule has 25 heavy (non-hydrogen) atoms. The van der Waals surface area contributed by atoms with Crippen molar-refractivity contribution in [1.82, 2.24) is 9.88 Å². The molecule has 1 aliphatic carbocycles. The lowest BCUT2D eigenvalue weighted by molar-refractivity contribution is 0.393. The van der Waals surface area contributed by atoms with Gasteiger partial charge in [0, 0.05) is 29.9 Å². The van der Waals surface area contributed by atoms with Crippen LogP contribution in [0.1, 0.15) is 42.1 Å². The second kappa shape index (κ2) is 6.89. The quantitative estimate of drug-likeness (QED) is 0.603. The van der Waals surface area contributed by atoms with Crippen LogP contribution in [0, 0.1) is 0 Å². The minimum Gasteiger partial charge on any atom is -0.366 e. The minimum absolute atomic E-state index is 0.813. The Morgan fingerprint density at radius 2 is 1.84 bits per heavy atom. The van der Waals surface area contributed by atoms with E-state index in [2.05, 4.69) is 23.1 Å². The molecule has 4 rings (SSSR count). The van der Waals surface area contributed by atoms with Crippen LogP contribution in [0.5, 0.6) is 0 Å². The normalized spacial score (nSPS) is 17.0. The first-order valence-corrected chi connectivity index (χ1v) is 9.62. The largest absolute Gasteiger partial charge is 0.366 e. The lowest BCUT2D eigenvalue weighted by Crippen LogP contribution is -2.33. The van der Waals surface area contributed by atoms with Crippen LogP contribution in [-0.4, -0.2) is 28.0 Å². The molecule has 0 atom stereocenters. The number of aryl methyl sites for hydroxylation is 2. The average Bonchev–Trinajstić information content (AvgIpc) is 2.78. The number of hydrogen-bond donors (Lipinski definition) is 0. The van der Waals surface area contributed by atoms with E-state index < -0.39 is 0 Å². The van der Waals surface area contributed by atoms with Gasteiger partial charge in [0.25, 0.3) is 0 Å². The standard InChI is InChI=1S/C21H21ClN2S/c1-14(25)24-11-8-15(9-12-24)20-19-7-6-18(22)13-17(19)5-4-16-3-2-10-23-21(16)20/h2-3,6-7,10,13H,4-5,8-9,11-12H2,1H3. The van der Waals surface area contributed by atoms with Crippen molar-refractivity contribution in [3.8, 4) is 0 Å². The van der Waals surface area contributed by atoms with Gasteiger partial charge in [0.1, 0.15) is 0 Å². The summed E-state index contributed by atoms with van der Waals surface area (Å²) in [4.78, 5) is 8.08. The summed E-state index contributed by atoms with van der Waals surface area (Å²) < 4.78 is 0. The highest BCUT2D eigenvalue weighted by molar-refractivity contribution is 7.80. The third-order valence-electron chi connectivity index (χ3n) is 5.29. The third-order valence-corrected chi connectivity index (χ3v) is 5.79. The molecular weight excluding hydrogens is 348 g/mol. The number of thiocarbonyl (C=S) groups is 1. The fourth-order valence-corrected chi connectivity index (χ4v) is 4.35. The van der Waals surface area contributed by atoms with Crippen LogP contribution < -0.4 is 0 Å². The number of rotatable bonds is 0. The molecule has 1 fully saturated rings. The number of likely N-dealkylation sites (tertiary alicyclic amines) is 1. The molecule has 1 aromatic heterocycles. The molecule has 4 heteroatoms. The van der Waals surface area contributed by atoms with Gasteiger partial charge < -0.3 is 4.90 Å². The van der Waals surface area contributed by atoms with E-state index in [1.807, 2.05) is 25.3 Å². The van der Waals surface area contributed by atoms with Gasteiger partial charge >= 0.3 is 0 Å². The summed E-state index contributed by atoms with van der Waals surface area (Å²) in [6.45, 7) is 4.02. The summed E-state index contributed by atoms with van der Waals surface area (Å²) >= 11 is 11.6. The van der Waals surface area contributed by atoms with Crippen molar-refractivity contribution in [3.63, 3.8) is 0 Å². The summed E-state index contributed by atoms with van der Waals surface area (Å²) in [6.07, 6.45) is 6.02. The third kappa shape index (κ3) is 3.23. The number of nitrogens with zero attached hydrogens (tertiary/aromatic N) is 2. The highest BCUT2D eigenvalue weighted by Crippen LogP contribution is 2.38. The minimum atomic E-state index is 0.813. The van der Waals surface area contributed by atoms with Crippen molar-refractivity contribution in [1.29, 1.82) is 0 Å². The first-order valence-electron chi connectivity index (χ1n) is 8.84. The molecule has 128 valence electrons. The van der Waals surface area contributed by atoms with Gasteiger partial charge in [0.15, 0.2) is 0 Å². The second-order valence-electron chi connectivity index (χ2n) is 6.80. The highest BCUT2D eigenvalue weighted by atomic mass is 35.5. The molecule has 2 nitrogen and oxygen atoms in total. The zero-order chi connectivity index (χ0) is 17.4. The Morgan fingerprint density at radius 3 is 2.60 bits per heavy atom. The Hall–Kier alpha value is -1.71. The highest BCUT2D eigenvalue weighted by Gasteiger charge is 2.25. The summed E-state index contributed by atoms with van der Waals surface area (Å²) in [6, 6.07) is 10.6. The molecule has 1 aromatic carbocycles. The fraction of sp³-hybridized carbons (Fsp3) is 0.333. The van der Waals surface area contributed by atoms with E-state index in [0.29, 0.717) is 0 Å². The number of hydrogen-bond acceptors (Lipinski definition) is 2. The molecule has 0 unspecified atom stereocenters. The van der Waals surface area contributed by atoms with Gasteiger partial charge in [-0.3, -0.25) is 4.98 Å². The monoisotopic (exact) mass is 368 g/mol. The molecular formula is C21H21ClN2S. The first kappa shape index (κ1) is 16.7. The number of benzene rings is 1. The van der Waals surface area contributed by atoms with E-state index in [1.165, 1.54) is 27.8 Å². The van der Waals surface area contributed by atoms with Crippen LogP contribution in [0.2, 0.25) is 5.02 Å². The van der Waals surface area contributed by atoms with Gasteiger partial charge in [-0.2, -0.15) is 0 Å². The molecule has 1 aliphatic heterocycles. The average molecular weight is 369 g/mol. The topological polar surface area (TPSA) is 16.1 Å². The molecule has 0 bridgehead atoms. The predicted octanol–water partition coefficient (Wildman–Crippen LogP) is 5.08. The van der Waals surface area contributed by atoms with E-state index in [0.717, 1.165) is 54.5 Å². The molecule has 2 heterocycles. The maximum atomic E-state index is 6.28. The lowest BCUT2D eigenvalue weighted by Gasteiger charge is -2.31. The molecule has 2 aliphatic rings. The molecule has 0 N–H and O–H groups in total. The zero-order valence-electron chi connectivity index (χ0n) is 14.4. The number of piperidine rings is 1. The van der Waals surface area contributed by atoms with Crippen molar-refractivity contribution >= 4 is 34.4 Å². The molecule has 0 radical (unpaired) electrons. The fourth-order valence-electron chi connectivity index (χ4n) is 3.97. The summed E-state index contributed by atoms with van der Waals surface area (Å²) in [7, 11) is 0. The van der Waals surface area contributed by atoms with E-state index in [1.54, 1.807) is 0 Å². The number of aromatic nitrogens is 1. The second-order valence-corrected chi connectivity index (χ2v) is 7.82. The van der Waals surface area contributed by atoms with Crippen molar-refractivity contribution < 1.29 is 0 Å². The molecule has 2 aromatic rings. The molecule has 1 saturated heterocycles. The van der Waals surface area contributed by atoms with Crippen LogP contribution in [0.3, 0.4) is 0 Å². The smallest absolute Gasteiger partial charge is 0.0748 e. The first-order chi connectivity index (χ1) is 12.1. The maximum Gasteiger partial charge on any atom is 0.0748 e. The van der Waals surface area contributed by atoms with Gasteiger partial charge in [-0.15, -0.1) is 0 Å². The Labute approximate surface area is 159 Å². The van der Waals surface area contributed by atoms with Gasteiger partial charge in [-0.25, -0.2) is 0 Å². The summed E-state index contributed by atoms with van der Waals surface area (Å²) in [5, 5.41) is 0.813. The van der Waals surface area contributed by atoms with E-state index in [9.17, 15) is 0 Å². The predicted molar refractivity (Wildman–Crippen MR) is 108 cm³/mol. The van der Waals surface area contributed by atoms with E-state index in [-0.39, 0.29) is 0 Å². The van der Waals surface area contributed by atoms with E-state index in [4.69, 9.17) is 28.8 Å². The van der Waals surface area contributed by atoms with E-state index >= 15 is 0 Å². The van der Waals surface area contributed by atoms with Gasteiger partial charge in [0.2, 0.25) is 0 Å². The van der Waals surface area contributed by atoms with Crippen molar-refractivity contribution in [3.05, 3.63) is 69.5 Å². The lowest BCUT2D eigenvalue weighted by atomic mass is 9.88. The van der Waals surface area contributed by atoms with Crippen LogP contribution in [0.15, 0.2) is 42.1 Å². The summed E-state index contributed by atoms with van der Waals surface area (Å²) in [5.41, 5.74) is 7.97. The van der Waals surface area contributed by atoms with Crippen LogP contribution in [0.25, 0.3) is 5.57 Å². The Morgan fingerprint density at radius 1 is 1.08 bits per heavy atom. The zero-order valence-corrected chi connectivity index (χ0v) is 16.0. The van der Waals surface area contributed by atoms with Crippen molar-refractivity contribution in [2.75, 3.05) is 13.1 Å². The Balaban J connectivity index is 1.86. The van der Waals surface area contributed by atoms with Crippen molar-refractivity contribution in [2.45, 2.75) is 32.6 Å². The number of pyridine rings is 1. The number of fused-ring (bicyclic) bond motifs is 2. The van der Waals surface area contributed by atoms with Crippen LogP contribution in [0.4, 0.5) is 0 Å². The van der Waals surface area contributed by atoms with Gasteiger partial charge in [-0.1, -0.05) is 41.5 Å². The molecule has 0 saturated carbocycles. The van der Waals surface area contributed by atoms with Crippen molar-refractivity contribution in [2.24, 2.45) is 0 Å². The van der Waals surface area contributed by atoms with Gasteiger partial charge in [-0.05, 0) is 67.5 Å². The van der Waals surface area contributed by atoms with Gasteiger partial charge in [0.05, 0.1) is 10.7 Å². The Kier molecular flexibility index (Phi) is 4.61. The van der Waals surface area contributed by atoms with Crippen LogP contribution >= 0.6 is 23.8 Å². The summed E-state index contributed by atoms with van der Waals surface area (Å²) in [5.74, 6) is 0. The maximum absolute atomic E-state index is 6.28. The SMILES string of the molecule is CC(=S)N1CCC(=C2c3ccc(Cl)cc3CCc3cccnc32)CC1. The number of halogens is 1. The Bertz CT molecular complexity index is 862. The molecule has 0 spiro atoms. The molecule has 0 amide bonds. The van der Waals surface area contributed by atoms with Crippen LogP contribution in [-0.2, 0) is 12.8 Å².